The van der Waals surface area contributed by atoms with E-state index in [1.54, 1.807) is 18.3 Å². The second kappa shape index (κ2) is 8.50. The molecule has 6 heteroatoms. The first kappa shape index (κ1) is 17.2. The first-order valence-electron chi connectivity index (χ1n) is 8.24. The van der Waals surface area contributed by atoms with Crippen molar-refractivity contribution in [2.45, 2.75) is 32.1 Å². The number of aromatic nitrogens is 1. The number of amides is 2. The number of hydrogen-bond donors (Lipinski definition) is 2. The number of anilines is 1. The second-order valence-corrected chi connectivity index (χ2v) is 6.26. The molecule has 0 atom stereocenters. The molecular weight excluding hydrogens is 292 g/mol. The van der Waals surface area contributed by atoms with E-state index in [2.05, 4.69) is 15.6 Å². The summed E-state index contributed by atoms with van der Waals surface area (Å²) >= 11 is 0. The van der Waals surface area contributed by atoms with Crippen LogP contribution < -0.4 is 15.5 Å². The van der Waals surface area contributed by atoms with Crippen molar-refractivity contribution in [1.82, 2.24) is 15.6 Å². The average molecular weight is 318 g/mol. The zero-order chi connectivity index (χ0) is 16.7. The van der Waals surface area contributed by atoms with Crippen LogP contribution in [0, 0.1) is 5.92 Å². The van der Waals surface area contributed by atoms with E-state index in [-0.39, 0.29) is 11.8 Å². The minimum atomic E-state index is -0.152. The average Bonchev–Trinajstić information content (AvgIpc) is 3.04. The van der Waals surface area contributed by atoms with Crippen LogP contribution >= 0.6 is 0 Å². The molecule has 0 bridgehead atoms. The first-order chi connectivity index (χ1) is 11.1. The molecule has 0 unspecified atom stereocenters. The Labute approximate surface area is 137 Å². The summed E-state index contributed by atoms with van der Waals surface area (Å²) in [5.74, 6) is 1.22. The molecule has 1 aliphatic carbocycles. The molecule has 126 valence electrons. The van der Waals surface area contributed by atoms with Crippen LogP contribution in [-0.2, 0) is 4.79 Å². The maximum atomic E-state index is 12.1. The lowest BCUT2D eigenvalue weighted by Gasteiger charge is -2.12. The molecule has 1 saturated carbocycles. The van der Waals surface area contributed by atoms with Gasteiger partial charge in [0.2, 0.25) is 5.91 Å². The molecule has 6 nitrogen and oxygen atoms in total. The summed E-state index contributed by atoms with van der Waals surface area (Å²) in [4.78, 5) is 29.9. The van der Waals surface area contributed by atoms with Crippen molar-refractivity contribution in [3.63, 3.8) is 0 Å². The van der Waals surface area contributed by atoms with E-state index < -0.39 is 0 Å². The van der Waals surface area contributed by atoms with Gasteiger partial charge in [0.15, 0.2) is 0 Å². The molecule has 2 N–H and O–H groups in total. The Morgan fingerprint density at radius 2 is 1.91 bits per heavy atom. The first-order valence-corrected chi connectivity index (χ1v) is 8.24. The molecule has 0 spiro atoms. The fourth-order valence-corrected chi connectivity index (χ4v) is 2.83. The lowest BCUT2D eigenvalue weighted by Crippen LogP contribution is -2.35. The highest BCUT2D eigenvalue weighted by Crippen LogP contribution is 2.27. The van der Waals surface area contributed by atoms with Crippen LogP contribution in [0.2, 0.25) is 0 Å². The van der Waals surface area contributed by atoms with Crippen molar-refractivity contribution < 1.29 is 9.59 Å². The summed E-state index contributed by atoms with van der Waals surface area (Å²) in [6.07, 6.45) is 7.06. The molecule has 1 aromatic heterocycles. The van der Waals surface area contributed by atoms with Gasteiger partial charge in [0, 0.05) is 45.4 Å². The van der Waals surface area contributed by atoms with Crippen LogP contribution in [0.4, 0.5) is 5.82 Å². The van der Waals surface area contributed by atoms with E-state index in [0.717, 1.165) is 5.82 Å². The molecule has 0 radical (unpaired) electrons. The maximum absolute atomic E-state index is 12.1. The van der Waals surface area contributed by atoms with Crippen LogP contribution in [0.5, 0.6) is 0 Å². The number of hydrogen-bond acceptors (Lipinski definition) is 4. The molecule has 23 heavy (non-hydrogen) atoms. The predicted molar refractivity (Wildman–Crippen MR) is 90.5 cm³/mol. The third kappa shape index (κ3) is 5.54. The number of nitrogens with zero attached hydrogens (tertiary/aromatic N) is 2. The number of pyridine rings is 1. The molecular formula is C17H26N4O2. The fraction of sp³-hybridized carbons (Fsp3) is 0.588. The second-order valence-electron chi connectivity index (χ2n) is 6.26. The number of nitrogens with one attached hydrogen (secondary N) is 2. The maximum Gasteiger partial charge on any atom is 0.251 e. The lowest BCUT2D eigenvalue weighted by molar-refractivity contribution is -0.121. The topological polar surface area (TPSA) is 74.3 Å². The third-order valence-electron chi connectivity index (χ3n) is 4.15. The van der Waals surface area contributed by atoms with E-state index in [4.69, 9.17) is 0 Å². The Morgan fingerprint density at radius 3 is 2.61 bits per heavy atom. The standard InChI is InChI=1S/C17H26N4O2/c1-21(2)15-12-14(7-8-18-15)17(23)20-10-9-19-16(22)11-13-5-3-4-6-13/h7-8,12-13H,3-6,9-11H2,1-2H3,(H,19,22)(H,20,23). The van der Waals surface area contributed by atoms with E-state index in [1.807, 2.05) is 19.0 Å². The minimum absolute atomic E-state index is 0.0879. The highest BCUT2D eigenvalue weighted by Gasteiger charge is 2.18. The SMILES string of the molecule is CN(C)c1cc(C(=O)NCCNC(=O)CC2CCCC2)ccn1. The molecule has 0 saturated heterocycles. The van der Waals surface area contributed by atoms with Crippen LogP contribution in [0.3, 0.4) is 0 Å². The number of rotatable bonds is 7. The van der Waals surface area contributed by atoms with Crippen molar-refractivity contribution >= 4 is 17.6 Å². The van der Waals surface area contributed by atoms with Crippen molar-refractivity contribution in [1.29, 1.82) is 0 Å². The Kier molecular flexibility index (Phi) is 6.38. The summed E-state index contributed by atoms with van der Waals surface area (Å²) in [5, 5.41) is 5.69. The van der Waals surface area contributed by atoms with Crippen LogP contribution in [0.1, 0.15) is 42.5 Å². The van der Waals surface area contributed by atoms with Gasteiger partial charge in [-0.1, -0.05) is 12.8 Å². The number of carbonyl (C=O) groups excluding carboxylic acids is 2. The fourth-order valence-electron chi connectivity index (χ4n) is 2.83. The number of carbonyl (C=O) groups is 2. The molecule has 2 amide bonds. The van der Waals surface area contributed by atoms with Gasteiger partial charge in [-0.25, -0.2) is 4.98 Å². The van der Waals surface area contributed by atoms with E-state index >= 15 is 0 Å². The van der Waals surface area contributed by atoms with Gasteiger partial charge in [-0.15, -0.1) is 0 Å². The molecule has 2 rings (SSSR count). The highest BCUT2D eigenvalue weighted by molar-refractivity contribution is 5.94. The molecule has 0 aliphatic heterocycles. The van der Waals surface area contributed by atoms with Gasteiger partial charge in [-0.05, 0) is 30.9 Å². The Bertz CT molecular complexity index is 539. The normalized spacial score (nSPS) is 14.5. The molecule has 1 aliphatic rings. The highest BCUT2D eigenvalue weighted by atomic mass is 16.2. The summed E-state index contributed by atoms with van der Waals surface area (Å²) in [5.41, 5.74) is 0.570. The van der Waals surface area contributed by atoms with Gasteiger partial charge in [0.1, 0.15) is 5.82 Å². The largest absolute Gasteiger partial charge is 0.363 e. The summed E-state index contributed by atoms with van der Waals surface area (Å²) in [6, 6.07) is 3.43. The van der Waals surface area contributed by atoms with Crippen LogP contribution in [0.25, 0.3) is 0 Å². The molecule has 1 aromatic rings. The summed E-state index contributed by atoms with van der Waals surface area (Å²) in [6.45, 7) is 0.887. The van der Waals surface area contributed by atoms with Gasteiger partial charge < -0.3 is 15.5 Å². The van der Waals surface area contributed by atoms with Crippen molar-refractivity contribution in [3.05, 3.63) is 23.9 Å². The van der Waals surface area contributed by atoms with Crippen LogP contribution in [-0.4, -0.2) is 44.0 Å². The molecule has 1 heterocycles. The summed E-state index contributed by atoms with van der Waals surface area (Å²) in [7, 11) is 3.76. The lowest BCUT2D eigenvalue weighted by atomic mass is 10.0. The smallest absolute Gasteiger partial charge is 0.251 e. The quantitative estimate of drug-likeness (QED) is 0.749. The van der Waals surface area contributed by atoms with Gasteiger partial charge in [-0.2, -0.15) is 0 Å². The Balaban J connectivity index is 1.68. The zero-order valence-electron chi connectivity index (χ0n) is 14.0. The summed E-state index contributed by atoms with van der Waals surface area (Å²) < 4.78 is 0. The van der Waals surface area contributed by atoms with Gasteiger partial charge in [-0.3, -0.25) is 9.59 Å². The van der Waals surface area contributed by atoms with Gasteiger partial charge >= 0.3 is 0 Å². The van der Waals surface area contributed by atoms with E-state index in [9.17, 15) is 9.59 Å². The van der Waals surface area contributed by atoms with Crippen molar-refractivity contribution in [3.8, 4) is 0 Å². The van der Waals surface area contributed by atoms with Gasteiger partial charge in [0.05, 0.1) is 0 Å². The van der Waals surface area contributed by atoms with Crippen molar-refractivity contribution in [2.24, 2.45) is 5.92 Å². The molecule has 0 aromatic carbocycles. The van der Waals surface area contributed by atoms with Gasteiger partial charge in [0.25, 0.3) is 5.91 Å². The zero-order valence-corrected chi connectivity index (χ0v) is 14.0. The van der Waals surface area contributed by atoms with E-state index in [0.29, 0.717) is 31.0 Å². The Morgan fingerprint density at radius 1 is 1.22 bits per heavy atom. The van der Waals surface area contributed by atoms with Crippen LogP contribution in [0.15, 0.2) is 18.3 Å². The third-order valence-corrected chi connectivity index (χ3v) is 4.15. The minimum Gasteiger partial charge on any atom is -0.363 e. The molecule has 1 fully saturated rings. The Hall–Kier alpha value is -2.11. The van der Waals surface area contributed by atoms with Crippen molar-refractivity contribution in [2.75, 3.05) is 32.1 Å². The predicted octanol–water partition coefficient (Wildman–Crippen LogP) is 1.57. The monoisotopic (exact) mass is 318 g/mol. The van der Waals surface area contributed by atoms with E-state index in [1.165, 1.54) is 25.7 Å².